The zero-order chi connectivity index (χ0) is 17.8. The van der Waals surface area contributed by atoms with E-state index in [-0.39, 0.29) is 0 Å². The molecule has 0 atom stereocenters. The third-order valence-electron chi connectivity index (χ3n) is 5.76. The summed E-state index contributed by atoms with van der Waals surface area (Å²) in [6.07, 6.45) is 10.9. The number of hydrogen-bond acceptors (Lipinski definition) is 3. The smallest absolute Gasteiger partial charge is 0.105 e. The van der Waals surface area contributed by atoms with Gasteiger partial charge >= 0.3 is 0 Å². The van der Waals surface area contributed by atoms with Crippen molar-refractivity contribution >= 4 is 23.1 Å². The number of benzene rings is 1. The van der Waals surface area contributed by atoms with Crippen LogP contribution in [0.5, 0.6) is 0 Å². The van der Waals surface area contributed by atoms with E-state index in [2.05, 4.69) is 46.9 Å². The molecular weight excluding hydrogens is 342 g/mol. The largest absolute Gasteiger partial charge is 0.301 e. The summed E-state index contributed by atoms with van der Waals surface area (Å²) in [5.74, 6) is 1.72. The van der Waals surface area contributed by atoms with E-state index in [9.17, 15) is 0 Å². The molecule has 1 aromatic heterocycles. The van der Waals surface area contributed by atoms with Crippen LogP contribution < -0.4 is 4.90 Å². The predicted molar refractivity (Wildman–Crippen MR) is 108 cm³/mol. The maximum Gasteiger partial charge on any atom is 0.105 e. The molecule has 1 aromatic carbocycles. The Morgan fingerprint density at radius 1 is 1.12 bits per heavy atom. The summed E-state index contributed by atoms with van der Waals surface area (Å²) < 4.78 is 0. The number of allylic oxidation sites excluding steroid dienone is 1. The van der Waals surface area contributed by atoms with Crippen molar-refractivity contribution in [2.75, 3.05) is 11.4 Å². The van der Waals surface area contributed by atoms with Gasteiger partial charge in [-0.15, -0.1) is 0 Å². The average molecular weight is 364 g/mol. The number of pyridine rings is 1. The second kappa shape index (κ2) is 5.95. The molecule has 1 aliphatic carbocycles. The summed E-state index contributed by atoms with van der Waals surface area (Å²) in [7, 11) is 0. The van der Waals surface area contributed by atoms with Crippen molar-refractivity contribution in [3.8, 4) is 11.1 Å². The van der Waals surface area contributed by atoms with Gasteiger partial charge in [-0.25, -0.2) is 0 Å². The quantitative estimate of drug-likeness (QED) is 0.689. The minimum Gasteiger partial charge on any atom is -0.301 e. The number of hydrogen-bond donors (Lipinski definition) is 0. The molecule has 26 heavy (non-hydrogen) atoms. The van der Waals surface area contributed by atoms with Crippen LogP contribution in [0.2, 0.25) is 5.02 Å². The highest BCUT2D eigenvalue weighted by Crippen LogP contribution is 2.48. The molecule has 2 aromatic rings. The first kappa shape index (κ1) is 16.1. The van der Waals surface area contributed by atoms with Crippen LogP contribution in [0.15, 0.2) is 41.3 Å². The molecule has 132 valence electrons. The SMILES string of the molecule is CC1=NCC=C2CCc3cc(-c4cncc(C)c4C4CC4)cc(Cl)c3N21. The minimum atomic E-state index is 0.689. The van der Waals surface area contributed by atoms with Gasteiger partial charge in [0.1, 0.15) is 5.84 Å². The van der Waals surface area contributed by atoms with Gasteiger partial charge in [-0.1, -0.05) is 11.6 Å². The summed E-state index contributed by atoms with van der Waals surface area (Å²) in [5, 5.41) is 0.808. The lowest BCUT2D eigenvalue weighted by molar-refractivity contribution is 0.848. The second-order valence-electron chi connectivity index (χ2n) is 7.58. The second-order valence-corrected chi connectivity index (χ2v) is 7.98. The van der Waals surface area contributed by atoms with Crippen LogP contribution in [0.4, 0.5) is 5.69 Å². The number of aryl methyl sites for hydroxylation is 2. The summed E-state index contributed by atoms with van der Waals surface area (Å²) in [6, 6.07) is 4.44. The molecule has 3 heterocycles. The summed E-state index contributed by atoms with van der Waals surface area (Å²) in [5.41, 5.74) is 8.96. The Labute approximate surface area is 159 Å². The number of halogens is 1. The number of aromatic nitrogens is 1. The molecule has 0 bridgehead atoms. The number of anilines is 1. The van der Waals surface area contributed by atoms with Gasteiger partial charge in [0, 0.05) is 23.7 Å². The molecule has 0 unspecified atom stereocenters. The molecule has 0 spiro atoms. The van der Waals surface area contributed by atoms with Gasteiger partial charge in [-0.2, -0.15) is 0 Å². The molecule has 2 aliphatic heterocycles. The van der Waals surface area contributed by atoms with Crippen LogP contribution >= 0.6 is 11.6 Å². The lowest BCUT2D eigenvalue weighted by Crippen LogP contribution is -2.34. The highest BCUT2D eigenvalue weighted by molar-refractivity contribution is 6.34. The van der Waals surface area contributed by atoms with E-state index >= 15 is 0 Å². The molecule has 0 amide bonds. The first-order valence-corrected chi connectivity index (χ1v) is 9.79. The molecule has 0 N–H and O–H groups in total. The van der Waals surface area contributed by atoms with Crippen molar-refractivity contribution < 1.29 is 0 Å². The van der Waals surface area contributed by atoms with Crippen molar-refractivity contribution in [1.82, 2.24) is 4.98 Å². The fraction of sp³-hybridized carbons (Fsp3) is 0.364. The Bertz CT molecular complexity index is 970. The van der Waals surface area contributed by atoms with Crippen LogP contribution in [0.1, 0.15) is 48.8 Å². The first-order valence-electron chi connectivity index (χ1n) is 9.41. The molecule has 0 radical (unpaired) electrons. The fourth-order valence-corrected chi connectivity index (χ4v) is 4.73. The van der Waals surface area contributed by atoms with E-state index in [4.69, 9.17) is 11.6 Å². The first-order chi connectivity index (χ1) is 12.6. The van der Waals surface area contributed by atoms with Gasteiger partial charge in [-0.05, 0) is 85.9 Å². The number of rotatable bonds is 2. The molecule has 1 fully saturated rings. The average Bonchev–Trinajstić information content (AvgIpc) is 3.46. The monoisotopic (exact) mass is 363 g/mol. The van der Waals surface area contributed by atoms with Crippen LogP contribution in [0.25, 0.3) is 11.1 Å². The van der Waals surface area contributed by atoms with E-state index in [1.54, 1.807) is 0 Å². The zero-order valence-corrected chi connectivity index (χ0v) is 16.0. The maximum atomic E-state index is 6.83. The standard InChI is InChI=1S/C22H22ClN3/c1-13-11-24-12-19(21(13)15-3-4-15)17-9-16-5-6-18-7-8-25-14(2)26(18)22(16)20(23)10-17/h7,9-12,15H,3-6,8H2,1-2H3. The maximum absolute atomic E-state index is 6.83. The van der Waals surface area contributed by atoms with Crippen molar-refractivity contribution in [3.63, 3.8) is 0 Å². The van der Waals surface area contributed by atoms with Crippen LogP contribution in [0.3, 0.4) is 0 Å². The molecule has 4 heteroatoms. The normalized spacial score (nSPS) is 18.8. The third kappa shape index (κ3) is 2.49. The van der Waals surface area contributed by atoms with Gasteiger partial charge in [0.15, 0.2) is 0 Å². The number of fused-ring (bicyclic) bond motifs is 3. The van der Waals surface area contributed by atoms with Gasteiger partial charge in [0.2, 0.25) is 0 Å². The number of aliphatic imine (C=N–C) groups is 1. The van der Waals surface area contributed by atoms with Gasteiger partial charge < -0.3 is 4.90 Å². The zero-order valence-electron chi connectivity index (χ0n) is 15.2. The van der Waals surface area contributed by atoms with E-state index in [1.165, 1.54) is 46.4 Å². The van der Waals surface area contributed by atoms with Crippen molar-refractivity contribution in [2.45, 2.75) is 45.4 Å². The number of nitrogens with zero attached hydrogens (tertiary/aromatic N) is 3. The number of amidine groups is 1. The van der Waals surface area contributed by atoms with Crippen LogP contribution in [-0.4, -0.2) is 17.4 Å². The topological polar surface area (TPSA) is 28.5 Å². The lowest BCUT2D eigenvalue weighted by Gasteiger charge is -2.36. The Kier molecular flexibility index (Phi) is 3.68. The third-order valence-corrected chi connectivity index (χ3v) is 6.05. The summed E-state index contributed by atoms with van der Waals surface area (Å²) in [4.78, 5) is 11.3. The Hall–Kier alpha value is -2.13. The Balaban J connectivity index is 1.66. The van der Waals surface area contributed by atoms with Gasteiger partial charge in [0.25, 0.3) is 0 Å². The summed E-state index contributed by atoms with van der Waals surface area (Å²) in [6.45, 7) is 5.03. The highest BCUT2D eigenvalue weighted by Gasteiger charge is 2.31. The van der Waals surface area contributed by atoms with Gasteiger partial charge in [-0.3, -0.25) is 9.98 Å². The van der Waals surface area contributed by atoms with E-state index in [0.717, 1.165) is 35.9 Å². The predicted octanol–water partition coefficient (Wildman–Crippen LogP) is 5.66. The molecule has 1 saturated carbocycles. The molecule has 5 rings (SSSR count). The highest BCUT2D eigenvalue weighted by atomic mass is 35.5. The van der Waals surface area contributed by atoms with Crippen molar-refractivity contribution in [3.05, 3.63) is 58.0 Å². The fourth-order valence-electron chi connectivity index (χ4n) is 4.41. The van der Waals surface area contributed by atoms with Gasteiger partial charge in [0.05, 0.1) is 17.3 Å². The Morgan fingerprint density at radius 2 is 1.96 bits per heavy atom. The molecule has 0 saturated heterocycles. The van der Waals surface area contributed by atoms with E-state index in [1.807, 2.05) is 12.4 Å². The van der Waals surface area contributed by atoms with Crippen LogP contribution in [-0.2, 0) is 6.42 Å². The van der Waals surface area contributed by atoms with Crippen LogP contribution in [0, 0.1) is 6.92 Å². The molecule has 3 aliphatic rings. The van der Waals surface area contributed by atoms with Crippen molar-refractivity contribution in [1.29, 1.82) is 0 Å². The van der Waals surface area contributed by atoms with E-state index in [0.29, 0.717) is 5.92 Å². The minimum absolute atomic E-state index is 0.689. The summed E-state index contributed by atoms with van der Waals surface area (Å²) >= 11 is 6.83. The Morgan fingerprint density at radius 3 is 2.77 bits per heavy atom. The molecule has 3 nitrogen and oxygen atoms in total. The van der Waals surface area contributed by atoms with Crippen molar-refractivity contribution in [2.24, 2.45) is 4.99 Å². The van der Waals surface area contributed by atoms with E-state index < -0.39 is 0 Å². The lowest BCUT2D eigenvalue weighted by atomic mass is 9.91. The molecular formula is C22H22ClN3.